The third-order valence-corrected chi connectivity index (χ3v) is 7.13. The second-order valence-corrected chi connectivity index (χ2v) is 10.3. The normalized spacial score (nSPS) is 16.2. The maximum atomic E-state index is 13.4. The topological polar surface area (TPSA) is 38.8 Å². The summed E-state index contributed by atoms with van der Waals surface area (Å²) in [5, 5.41) is 3.34. The van der Waals surface area contributed by atoms with Crippen molar-refractivity contribution in [1.29, 1.82) is 0 Å². The molecule has 5 nitrogen and oxygen atoms in total. The van der Waals surface area contributed by atoms with Crippen LogP contribution >= 0.6 is 0 Å². The van der Waals surface area contributed by atoms with Crippen molar-refractivity contribution in [2.45, 2.75) is 38.4 Å². The largest absolute Gasteiger partial charge is 0.416 e. The van der Waals surface area contributed by atoms with Gasteiger partial charge in [-0.05, 0) is 74.5 Å². The van der Waals surface area contributed by atoms with E-state index >= 15 is 0 Å². The minimum Gasteiger partial charge on any atom is -0.376 e. The first-order chi connectivity index (χ1) is 17.2. The number of benzene rings is 2. The number of rotatable bonds is 11. The summed E-state index contributed by atoms with van der Waals surface area (Å²) < 4.78 is 40.3. The van der Waals surface area contributed by atoms with Crippen LogP contribution in [0.2, 0.25) is 0 Å². The molecule has 0 saturated heterocycles. The first-order valence-electron chi connectivity index (χ1n) is 12.9. The van der Waals surface area contributed by atoms with Crippen molar-refractivity contribution in [2.75, 3.05) is 58.7 Å². The molecule has 1 heterocycles. The van der Waals surface area contributed by atoms with Crippen LogP contribution in [0.25, 0.3) is 0 Å². The second kappa shape index (κ2) is 11.6. The Hall–Kier alpha value is -2.58. The van der Waals surface area contributed by atoms with Gasteiger partial charge in [0.05, 0.1) is 12.1 Å². The lowest BCUT2D eigenvalue weighted by Crippen LogP contribution is -2.41. The van der Waals surface area contributed by atoms with E-state index in [0.29, 0.717) is 13.1 Å². The number of carbonyl (C=O) groups excluding carboxylic acids is 1. The van der Waals surface area contributed by atoms with Crippen LogP contribution in [0.5, 0.6) is 0 Å². The van der Waals surface area contributed by atoms with Crippen molar-refractivity contribution in [1.82, 2.24) is 14.7 Å². The molecule has 196 valence electrons. The minimum absolute atomic E-state index is 0.106. The molecule has 0 atom stereocenters. The van der Waals surface area contributed by atoms with Gasteiger partial charge in [-0.15, -0.1) is 0 Å². The van der Waals surface area contributed by atoms with Gasteiger partial charge in [0, 0.05) is 45.0 Å². The first kappa shape index (κ1) is 26.5. The van der Waals surface area contributed by atoms with E-state index in [1.807, 2.05) is 31.1 Å². The van der Waals surface area contributed by atoms with Crippen LogP contribution in [0.15, 0.2) is 42.5 Å². The van der Waals surface area contributed by atoms with Crippen LogP contribution in [0, 0.1) is 5.92 Å². The smallest absolute Gasteiger partial charge is 0.376 e. The van der Waals surface area contributed by atoms with Crippen molar-refractivity contribution >= 4 is 11.6 Å². The van der Waals surface area contributed by atoms with E-state index in [9.17, 15) is 18.0 Å². The summed E-state index contributed by atoms with van der Waals surface area (Å²) in [5.74, 6) is 0.756. The van der Waals surface area contributed by atoms with Crippen LogP contribution in [0.4, 0.5) is 18.9 Å². The number of nitrogens with one attached hydrogen (secondary N) is 1. The molecule has 1 aliphatic carbocycles. The standard InChI is InChI=1S/C28H37F3N4O/c1-33(2)16-17-35(15-12-22-6-3-4-8-25(22)28(29,30)31)27(36)18-32-26-9-5-7-23-20-34(14-13-24(23)26)19-21-10-11-21/h3-9,21,32H,10-20H2,1-2H3. The van der Waals surface area contributed by atoms with Gasteiger partial charge >= 0.3 is 6.18 Å². The quantitative estimate of drug-likeness (QED) is 0.491. The number of hydrogen-bond donors (Lipinski definition) is 1. The van der Waals surface area contributed by atoms with E-state index in [4.69, 9.17) is 0 Å². The summed E-state index contributed by atoms with van der Waals surface area (Å²) in [5.41, 5.74) is 3.16. The zero-order valence-electron chi connectivity index (χ0n) is 21.3. The lowest BCUT2D eigenvalue weighted by Gasteiger charge is -2.30. The highest BCUT2D eigenvalue weighted by atomic mass is 19.4. The fourth-order valence-corrected chi connectivity index (χ4v) is 4.89. The highest BCUT2D eigenvalue weighted by Gasteiger charge is 2.33. The van der Waals surface area contributed by atoms with Crippen molar-refractivity contribution < 1.29 is 18.0 Å². The Morgan fingerprint density at radius 2 is 1.83 bits per heavy atom. The fraction of sp³-hybridized carbons (Fsp3) is 0.536. The van der Waals surface area contributed by atoms with Crippen LogP contribution in [-0.2, 0) is 30.4 Å². The summed E-state index contributed by atoms with van der Waals surface area (Å²) in [4.78, 5) is 19.4. The molecular weight excluding hydrogens is 465 g/mol. The average molecular weight is 503 g/mol. The fourth-order valence-electron chi connectivity index (χ4n) is 4.89. The minimum atomic E-state index is -4.41. The molecule has 0 unspecified atom stereocenters. The Kier molecular flexibility index (Phi) is 8.57. The van der Waals surface area contributed by atoms with Crippen molar-refractivity contribution in [3.8, 4) is 0 Å². The number of likely N-dealkylation sites (N-methyl/N-ethyl adjacent to an activating group) is 1. The zero-order chi connectivity index (χ0) is 25.7. The number of anilines is 1. The van der Waals surface area contributed by atoms with Crippen molar-refractivity contribution in [3.05, 3.63) is 64.7 Å². The van der Waals surface area contributed by atoms with Gasteiger partial charge in [-0.25, -0.2) is 0 Å². The van der Waals surface area contributed by atoms with Crippen LogP contribution < -0.4 is 5.32 Å². The molecule has 2 aromatic rings. The van der Waals surface area contributed by atoms with E-state index in [2.05, 4.69) is 16.3 Å². The molecule has 4 rings (SSSR count). The maximum Gasteiger partial charge on any atom is 0.416 e. The van der Waals surface area contributed by atoms with Gasteiger partial charge in [0.1, 0.15) is 0 Å². The van der Waals surface area contributed by atoms with Crippen LogP contribution in [0.3, 0.4) is 0 Å². The number of amides is 1. The number of fused-ring (bicyclic) bond motifs is 1. The highest BCUT2D eigenvalue weighted by Crippen LogP contribution is 2.33. The molecule has 1 saturated carbocycles. The highest BCUT2D eigenvalue weighted by molar-refractivity contribution is 5.81. The van der Waals surface area contributed by atoms with E-state index in [1.54, 1.807) is 11.0 Å². The van der Waals surface area contributed by atoms with Crippen LogP contribution in [0.1, 0.15) is 35.1 Å². The Labute approximate surface area is 212 Å². The lowest BCUT2D eigenvalue weighted by molar-refractivity contribution is -0.138. The van der Waals surface area contributed by atoms with Gasteiger partial charge in [-0.2, -0.15) is 13.2 Å². The monoisotopic (exact) mass is 502 g/mol. The van der Waals surface area contributed by atoms with E-state index < -0.39 is 11.7 Å². The molecule has 0 radical (unpaired) electrons. The summed E-state index contributed by atoms with van der Waals surface area (Å²) in [7, 11) is 3.84. The van der Waals surface area contributed by atoms with Gasteiger partial charge in [-0.3, -0.25) is 9.69 Å². The molecule has 0 bridgehead atoms. The Morgan fingerprint density at radius 1 is 1.06 bits per heavy atom. The van der Waals surface area contributed by atoms with E-state index in [1.165, 1.54) is 42.6 Å². The molecule has 1 amide bonds. The van der Waals surface area contributed by atoms with Gasteiger partial charge in [0.2, 0.25) is 5.91 Å². The molecule has 1 aliphatic heterocycles. The van der Waals surface area contributed by atoms with E-state index in [0.717, 1.165) is 37.2 Å². The lowest BCUT2D eigenvalue weighted by atomic mass is 9.97. The molecule has 8 heteroatoms. The Morgan fingerprint density at radius 3 is 2.56 bits per heavy atom. The van der Waals surface area contributed by atoms with Gasteiger partial charge in [0.25, 0.3) is 0 Å². The second-order valence-electron chi connectivity index (χ2n) is 10.3. The maximum absolute atomic E-state index is 13.4. The molecule has 0 spiro atoms. The summed E-state index contributed by atoms with van der Waals surface area (Å²) >= 11 is 0. The third-order valence-electron chi connectivity index (χ3n) is 7.13. The predicted molar refractivity (Wildman–Crippen MR) is 137 cm³/mol. The Balaban J connectivity index is 1.39. The molecule has 2 aromatic carbocycles. The third kappa shape index (κ3) is 7.23. The Bertz CT molecular complexity index is 1040. The van der Waals surface area contributed by atoms with Crippen molar-refractivity contribution in [3.63, 3.8) is 0 Å². The first-order valence-corrected chi connectivity index (χ1v) is 12.9. The zero-order valence-corrected chi connectivity index (χ0v) is 21.3. The van der Waals surface area contributed by atoms with Gasteiger partial charge in [-0.1, -0.05) is 30.3 Å². The SMILES string of the molecule is CN(C)CCN(CCc1ccccc1C(F)(F)F)C(=O)CNc1cccc2c1CCN(CC1CC1)C2. The molecule has 36 heavy (non-hydrogen) atoms. The molecule has 1 N–H and O–H groups in total. The number of nitrogens with zero attached hydrogens (tertiary/aromatic N) is 3. The molecule has 0 aromatic heterocycles. The number of carbonyl (C=O) groups is 1. The van der Waals surface area contributed by atoms with Gasteiger partial charge < -0.3 is 15.1 Å². The average Bonchev–Trinajstić information content (AvgIpc) is 3.66. The van der Waals surface area contributed by atoms with Crippen LogP contribution in [-0.4, -0.2) is 74.0 Å². The number of hydrogen-bond acceptors (Lipinski definition) is 4. The summed E-state index contributed by atoms with van der Waals surface area (Å²) in [6, 6.07) is 11.8. The molecular formula is C28H37F3N4O. The summed E-state index contributed by atoms with van der Waals surface area (Å²) in [6.45, 7) is 4.62. The molecule has 2 aliphatic rings. The number of alkyl halides is 3. The number of halogens is 3. The molecule has 1 fully saturated rings. The predicted octanol–water partition coefficient (Wildman–Crippen LogP) is 4.52. The van der Waals surface area contributed by atoms with Gasteiger partial charge in [0.15, 0.2) is 0 Å². The summed E-state index contributed by atoms with van der Waals surface area (Å²) in [6.07, 6.45) is -0.597. The van der Waals surface area contributed by atoms with E-state index in [-0.39, 0.29) is 31.0 Å². The van der Waals surface area contributed by atoms with Crippen molar-refractivity contribution in [2.24, 2.45) is 5.92 Å².